The molecule has 0 spiro atoms. The molecule has 0 amide bonds. The van der Waals surface area contributed by atoms with Crippen LogP contribution in [0.25, 0.3) is 0 Å². The van der Waals surface area contributed by atoms with Crippen LogP contribution in [-0.2, 0) is 31.8 Å². The lowest BCUT2D eigenvalue weighted by molar-refractivity contribution is -0.159. The van der Waals surface area contributed by atoms with E-state index in [0.29, 0.717) is 24.6 Å². The Morgan fingerprint density at radius 1 is 0.943 bits per heavy atom. The molecule has 0 atom stereocenters. The van der Waals surface area contributed by atoms with Crippen molar-refractivity contribution in [3.05, 3.63) is 59.7 Å². The molecule has 2 aromatic rings. The molecule has 0 bridgehead atoms. The average molecular weight is 507 g/mol. The predicted octanol–water partition coefficient (Wildman–Crippen LogP) is 3.24. The normalized spacial score (nSPS) is 12.8. The van der Waals surface area contributed by atoms with Crippen LogP contribution in [0.15, 0.2) is 48.5 Å². The maximum Gasteiger partial charge on any atom is 0.414 e. The van der Waals surface area contributed by atoms with E-state index in [1.165, 1.54) is 4.31 Å². The van der Waals surface area contributed by atoms with Crippen molar-refractivity contribution in [3.8, 4) is 5.75 Å². The quantitative estimate of drug-likeness (QED) is 0.471. The summed E-state index contributed by atoms with van der Waals surface area (Å²) in [4.78, 5) is 20.7. The average Bonchev–Trinajstić information content (AvgIpc) is 2.83. The summed E-state index contributed by atoms with van der Waals surface area (Å²) in [6.07, 6.45) is 3.19. The molecular formula is C25H34N2O7S. The monoisotopic (exact) mass is 506 g/mol. The van der Waals surface area contributed by atoms with Crippen LogP contribution in [0.5, 0.6) is 5.75 Å². The van der Waals surface area contributed by atoms with E-state index in [-0.39, 0.29) is 5.75 Å². The number of carboxylic acid groups (broad SMARTS) is 2. The molecule has 1 aliphatic heterocycles. The summed E-state index contributed by atoms with van der Waals surface area (Å²) in [6, 6.07) is 15.3. The van der Waals surface area contributed by atoms with Gasteiger partial charge in [0.05, 0.1) is 18.0 Å². The standard InChI is InChI=1S/C23H32N2O3S.C2H2O4/c1-3-13-24(14-4-2)15-12-20-10-11-23-22(18-20)25(16-17-28-23)29(26,27)19-21-8-6-5-7-9-21;3-1(4)2(5)6/h5-11,18H,3-4,12-17,19H2,1-2H3;(H,3,4)(H,5,6). The first-order valence-corrected chi connectivity index (χ1v) is 13.3. The lowest BCUT2D eigenvalue weighted by Gasteiger charge is -2.31. The molecule has 0 aliphatic carbocycles. The molecule has 0 radical (unpaired) electrons. The van der Waals surface area contributed by atoms with Crippen molar-refractivity contribution in [2.75, 3.05) is 37.1 Å². The number of benzene rings is 2. The number of aliphatic carboxylic acids is 2. The van der Waals surface area contributed by atoms with Crippen LogP contribution in [0.4, 0.5) is 5.69 Å². The van der Waals surface area contributed by atoms with Gasteiger partial charge in [-0.05, 0) is 55.6 Å². The summed E-state index contributed by atoms with van der Waals surface area (Å²) in [5.41, 5.74) is 2.61. The fraction of sp³-hybridized carbons (Fsp3) is 0.440. The highest BCUT2D eigenvalue weighted by Gasteiger charge is 2.29. The highest BCUT2D eigenvalue weighted by atomic mass is 32.2. The Morgan fingerprint density at radius 3 is 2.14 bits per heavy atom. The lowest BCUT2D eigenvalue weighted by Crippen LogP contribution is -2.38. The van der Waals surface area contributed by atoms with Gasteiger partial charge in [-0.3, -0.25) is 4.31 Å². The number of nitrogens with zero attached hydrogens (tertiary/aromatic N) is 2. The summed E-state index contributed by atoms with van der Waals surface area (Å²) >= 11 is 0. The van der Waals surface area contributed by atoms with E-state index in [4.69, 9.17) is 24.5 Å². The van der Waals surface area contributed by atoms with Gasteiger partial charge in [0.1, 0.15) is 12.4 Å². The molecule has 1 aliphatic rings. The number of sulfonamides is 1. The first kappa shape index (κ1) is 28.1. The van der Waals surface area contributed by atoms with Crippen molar-refractivity contribution in [1.29, 1.82) is 0 Å². The second-order valence-corrected chi connectivity index (χ2v) is 10.1. The minimum Gasteiger partial charge on any atom is -0.489 e. The first-order chi connectivity index (χ1) is 16.7. The smallest absolute Gasteiger partial charge is 0.414 e. The van der Waals surface area contributed by atoms with Crippen molar-refractivity contribution in [1.82, 2.24) is 4.90 Å². The van der Waals surface area contributed by atoms with Gasteiger partial charge in [0.15, 0.2) is 0 Å². The van der Waals surface area contributed by atoms with Crippen LogP contribution in [0, 0.1) is 0 Å². The van der Waals surface area contributed by atoms with Gasteiger partial charge < -0.3 is 19.8 Å². The number of ether oxygens (including phenoxy) is 1. The molecule has 0 aromatic heterocycles. The molecule has 2 aromatic carbocycles. The molecule has 1 heterocycles. The summed E-state index contributed by atoms with van der Waals surface area (Å²) in [6.45, 7) is 8.31. The first-order valence-electron chi connectivity index (χ1n) is 11.7. The Bertz CT molecular complexity index is 1060. The summed E-state index contributed by atoms with van der Waals surface area (Å²) in [5, 5.41) is 14.8. The number of hydrogen-bond acceptors (Lipinski definition) is 6. The number of carboxylic acids is 2. The van der Waals surface area contributed by atoms with Gasteiger partial charge in [-0.2, -0.15) is 0 Å². The second kappa shape index (κ2) is 13.7. The van der Waals surface area contributed by atoms with Crippen LogP contribution in [0.1, 0.15) is 37.8 Å². The zero-order valence-electron chi connectivity index (χ0n) is 20.2. The molecule has 0 fully saturated rings. The summed E-state index contributed by atoms with van der Waals surface area (Å²) in [7, 11) is -3.47. The van der Waals surface area contributed by atoms with E-state index in [2.05, 4.69) is 24.8 Å². The fourth-order valence-electron chi connectivity index (χ4n) is 3.80. The van der Waals surface area contributed by atoms with Gasteiger partial charge in [-0.15, -0.1) is 0 Å². The Balaban J connectivity index is 0.000000641. The zero-order valence-corrected chi connectivity index (χ0v) is 21.0. The third-order valence-electron chi connectivity index (χ3n) is 5.35. The molecule has 9 nitrogen and oxygen atoms in total. The lowest BCUT2D eigenvalue weighted by atomic mass is 10.1. The van der Waals surface area contributed by atoms with Crippen LogP contribution in [-0.4, -0.2) is 68.3 Å². The number of rotatable bonds is 10. The van der Waals surface area contributed by atoms with Crippen molar-refractivity contribution >= 4 is 27.6 Å². The molecule has 0 unspecified atom stereocenters. The van der Waals surface area contributed by atoms with Crippen LogP contribution < -0.4 is 9.04 Å². The molecular weight excluding hydrogens is 472 g/mol. The third kappa shape index (κ3) is 8.88. The SMILES string of the molecule is CCCN(CCC)CCc1ccc2c(c1)N(S(=O)(=O)Cc1ccccc1)CCO2.O=C(O)C(=O)O. The highest BCUT2D eigenvalue weighted by Crippen LogP contribution is 2.35. The molecule has 10 heteroatoms. The molecule has 35 heavy (non-hydrogen) atoms. The molecule has 0 saturated carbocycles. The zero-order chi connectivity index (χ0) is 25.8. The maximum absolute atomic E-state index is 13.1. The van der Waals surface area contributed by atoms with E-state index >= 15 is 0 Å². The van der Waals surface area contributed by atoms with Gasteiger partial charge in [0, 0.05) is 6.54 Å². The van der Waals surface area contributed by atoms with E-state index in [1.54, 1.807) is 0 Å². The summed E-state index contributed by atoms with van der Waals surface area (Å²) in [5.74, 6) is -3.00. The number of hydrogen-bond donors (Lipinski definition) is 2. The second-order valence-electron chi connectivity index (χ2n) is 8.17. The van der Waals surface area contributed by atoms with Crippen LogP contribution in [0.3, 0.4) is 0 Å². The minimum atomic E-state index is -3.47. The predicted molar refractivity (Wildman–Crippen MR) is 134 cm³/mol. The van der Waals surface area contributed by atoms with Gasteiger partial charge in [0.2, 0.25) is 10.0 Å². The number of anilines is 1. The highest BCUT2D eigenvalue weighted by molar-refractivity contribution is 7.92. The minimum absolute atomic E-state index is 0.00170. The maximum atomic E-state index is 13.1. The number of carbonyl (C=O) groups is 2. The van der Waals surface area contributed by atoms with Crippen LogP contribution in [0.2, 0.25) is 0 Å². The third-order valence-corrected chi connectivity index (χ3v) is 7.10. The van der Waals surface area contributed by atoms with E-state index < -0.39 is 22.0 Å². The molecule has 2 N–H and O–H groups in total. The van der Waals surface area contributed by atoms with Gasteiger partial charge >= 0.3 is 11.9 Å². The van der Waals surface area contributed by atoms with Crippen molar-refractivity contribution < 1.29 is 33.0 Å². The Hall–Kier alpha value is -3.11. The van der Waals surface area contributed by atoms with Crippen molar-refractivity contribution in [2.24, 2.45) is 0 Å². The number of fused-ring (bicyclic) bond motifs is 1. The van der Waals surface area contributed by atoms with Gasteiger partial charge in [-0.25, -0.2) is 18.0 Å². The van der Waals surface area contributed by atoms with Crippen LogP contribution >= 0.6 is 0 Å². The van der Waals surface area contributed by atoms with E-state index in [1.807, 2.05) is 42.5 Å². The largest absolute Gasteiger partial charge is 0.489 e. The van der Waals surface area contributed by atoms with E-state index in [0.717, 1.165) is 50.0 Å². The Kier molecular flexibility index (Phi) is 11.0. The topological polar surface area (TPSA) is 124 Å². The Labute approximate surface area is 207 Å². The Morgan fingerprint density at radius 2 is 1.57 bits per heavy atom. The molecule has 192 valence electrons. The van der Waals surface area contributed by atoms with Gasteiger partial charge in [-0.1, -0.05) is 50.2 Å². The summed E-state index contributed by atoms with van der Waals surface area (Å²) < 4.78 is 33.5. The van der Waals surface area contributed by atoms with Gasteiger partial charge in [0.25, 0.3) is 0 Å². The fourth-order valence-corrected chi connectivity index (χ4v) is 5.37. The molecule has 0 saturated heterocycles. The van der Waals surface area contributed by atoms with E-state index in [9.17, 15) is 8.42 Å². The molecule has 3 rings (SSSR count). The van der Waals surface area contributed by atoms with Crippen molar-refractivity contribution in [2.45, 2.75) is 38.9 Å². The van der Waals surface area contributed by atoms with Crippen molar-refractivity contribution in [3.63, 3.8) is 0 Å².